The number of hydrogen-bond acceptors (Lipinski definition) is 2. The Bertz CT molecular complexity index is 400. The van der Waals surface area contributed by atoms with Crippen molar-refractivity contribution in [3.8, 4) is 5.75 Å². The number of ether oxygens (including phenoxy) is 1. The molecule has 16 heavy (non-hydrogen) atoms. The average molecular weight is 228 g/mol. The molecule has 2 nitrogen and oxygen atoms in total. The number of carbonyl (C=O) groups excluding carboxylic acids is 1. The van der Waals surface area contributed by atoms with Crippen LogP contribution >= 0.6 is 0 Å². The van der Waals surface area contributed by atoms with E-state index in [1.165, 1.54) is 6.07 Å². The fraction of sp³-hybridized carbons (Fsp3) is 0.417. The summed E-state index contributed by atoms with van der Waals surface area (Å²) < 4.78 is 31.4. The van der Waals surface area contributed by atoms with Crippen molar-refractivity contribution < 1.29 is 18.3 Å². The molecule has 0 unspecified atom stereocenters. The number of hydrogen-bond donors (Lipinski definition) is 0. The maximum atomic E-state index is 13.4. The number of Topliss-reactive ketones (excluding diaryl/α,β-unsaturated/α-hetero) is 1. The Hall–Kier alpha value is -1.45. The second kappa shape index (κ2) is 5.05. The zero-order chi connectivity index (χ0) is 12.3. The Morgan fingerprint density at radius 3 is 2.50 bits per heavy atom. The lowest BCUT2D eigenvalue weighted by Gasteiger charge is -2.12. The molecule has 1 aromatic carbocycles. The maximum Gasteiger partial charge on any atom is 0.201 e. The molecule has 0 aromatic heterocycles. The standard InChI is InChI=1S/C12H14F2O2/c1-4-16-12-8(11(15)7(2)3)5-6-9(13)10(12)14/h5-7H,4H2,1-3H3. The molecule has 88 valence electrons. The molecule has 0 spiro atoms. The van der Waals surface area contributed by atoms with E-state index in [0.717, 1.165) is 6.07 Å². The summed E-state index contributed by atoms with van der Waals surface area (Å²) in [4.78, 5) is 11.7. The van der Waals surface area contributed by atoms with Crippen LogP contribution in [0.2, 0.25) is 0 Å². The Labute approximate surface area is 93.2 Å². The van der Waals surface area contributed by atoms with Crippen LogP contribution in [0, 0.1) is 17.6 Å². The number of ketones is 1. The fourth-order valence-electron chi connectivity index (χ4n) is 1.32. The number of benzene rings is 1. The van der Waals surface area contributed by atoms with Crippen LogP contribution in [0.4, 0.5) is 8.78 Å². The number of halogens is 2. The summed E-state index contributed by atoms with van der Waals surface area (Å²) in [7, 11) is 0. The van der Waals surface area contributed by atoms with Crippen molar-refractivity contribution in [2.75, 3.05) is 6.61 Å². The van der Waals surface area contributed by atoms with E-state index in [2.05, 4.69) is 0 Å². The summed E-state index contributed by atoms with van der Waals surface area (Å²) in [6, 6.07) is 2.19. The monoisotopic (exact) mass is 228 g/mol. The van der Waals surface area contributed by atoms with Gasteiger partial charge in [-0.25, -0.2) is 4.39 Å². The summed E-state index contributed by atoms with van der Waals surface area (Å²) in [5, 5.41) is 0. The second-order valence-electron chi connectivity index (χ2n) is 3.69. The normalized spacial score (nSPS) is 10.6. The van der Waals surface area contributed by atoms with Crippen LogP contribution in [0.5, 0.6) is 5.75 Å². The Balaban J connectivity index is 3.28. The van der Waals surface area contributed by atoms with Crippen LogP contribution in [0.1, 0.15) is 31.1 Å². The minimum Gasteiger partial charge on any atom is -0.490 e. The molecule has 0 aliphatic heterocycles. The van der Waals surface area contributed by atoms with Crippen LogP contribution in [0.25, 0.3) is 0 Å². The third kappa shape index (κ3) is 2.38. The van der Waals surface area contributed by atoms with Crippen LogP contribution in [-0.4, -0.2) is 12.4 Å². The van der Waals surface area contributed by atoms with Gasteiger partial charge in [0.1, 0.15) is 0 Å². The van der Waals surface area contributed by atoms with Gasteiger partial charge in [-0.05, 0) is 19.1 Å². The minimum atomic E-state index is -1.10. The Kier molecular flexibility index (Phi) is 3.99. The van der Waals surface area contributed by atoms with E-state index in [4.69, 9.17) is 4.74 Å². The average Bonchev–Trinajstić information content (AvgIpc) is 2.24. The second-order valence-corrected chi connectivity index (χ2v) is 3.69. The molecule has 0 radical (unpaired) electrons. The van der Waals surface area contributed by atoms with E-state index in [1.807, 2.05) is 0 Å². The van der Waals surface area contributed by atoms with Crippen molar-refractivity contribution in [2.45, 2.75) is 20.8 Å². The van der Waals surface area contributed by atoms with Crippen molar-refractivity contribution in [1.29, 1.82) is 0 Å². The van der Waals surface area contributed by atoms with E-state index in [9.17, 15) is 13.6 Å². The lowest BCUT2D eigenvalue weighted by Crippen LogP contribution is -2.12. The van der Waals surface area contributed by atoms with Crippen molar-refractivity contribution in [3.63, 3.8) is 0 Å². The largest absolute Gasteiger partial charge is 0.490 e. The molecule has 0 fully saturated rings. The van der Waals surface area contributed by atoms with Gasteiger partial charge in [-0.1, -0.05) is 13.8 Å². The van der Waals surface area contributed by atoms with Crippen molar-refractivity contribution in [3.05, 3.63) is 29.3 Å². The first kappa shape index (κ1) is 12.6. The molecule has 0 heterocycles. The molecule has 4 heteroatoms. The molecule has 1 rings (SSSR count). The first-order valence-electron chi connectivity index (χ1n) is 5.14. The first-order valence-corrected chi connectivity index (χ1v) is 5.14. The summed E-state index contributed by atoms with van der Waals surface area (Å²) in [5.41, 5.74) is 0.0933. The summed E-state index contributed by atoms with van der Waals surface area (Å²) in [5.74, 6) is -2.95. The van der Waals surface area contributed by atoms with Gasteiger partial charge in [0.15, 0.2) is 17.3 Å². The third-order valence-corrected chi connectivity index (χ3v) is 2.13. The summed E-state index contributed by atoms with van der Waals surface area (Å²) in [6.07, 6.45) is 0. The Morgan fingerprint density at radius 1 is 1.38 bits per heavy atom. The first-order chi connectivity index (χ1) is 7.49. The SMILES string of the molecule is CCOc1c(C(=O)C(C)C)ccc(F)c1F. The van der Waals surface area contributed by atoms with Crippen molar-refractivity contribution in [2.24, 2.45) is 5.92 Å². The van der Waals surface area contributed by atoms with E-state index in [-0.39, 0.29) is 29.6 Å². The Morgan fingerprint density at radius 2 is 2.00 bits per heavy atom. The van der Waals surface area contributed by atoms with Gasteiger partial charge in [-0.2, -0.15) is 4.39 Å². The van der Waals surface area contributed by atoms with Crippen LogP contribution < -0.4 is 4.74 Å². The molecular formula is C12H14F2O2. The molecule has 1 aromatic rings. The molecule has 0 N–H and O–H groups in total. The molecule has 0 atom stereocenters. The van der Waals surface area contributed by atoms with Crippen LogP contribution in [0.3, 0.4) is 0 Å². The highest BCUT2D eigenvalue weighted by Gasteiger charge is 2.21. The van der Waals surface area contributed by atoms with Gasteiger partial charge in [0.05, 0.1) is 12.2 Å². The van der Waals surface area contributed by atoms with E-state index >= 15 is 0 Å². The smallest absolute Gasteiger partial charge is 0.201 e. The van der Waals surface area contributed by atoms with E-state index < -0.39 is 11.6 Å². The zero-order valence-corrected chi connectivity index (χ0v) is 9.51. The van der Waals surface area contributed by atoms with E-state index in [1.54, 1.807) is 20.8 Å². The number of rotatable bonds is 4. The van der Waals surface area contributed by atoms with Gasteiger partial charge in [0.2, 0.25) is 5.82 Å². The predicted octanol–water partition coefficient (Wildman–Crippen LogP) is 3.20. The maximum absolute atomic E-state index is 13.4. The van der Waals surface area contributed by atoms with Gasteiger partial charge in [0, 0.05) is 5.92 Å². The quantitative estimate of drug-likeness (QED) is 0.740. The van der Waals surface area contributed by atoms with Crippen LogP contribution in [-0.2, 0) is 0 Å². The summed E-state index contributed by atoms with van der Waals surface area (Å²) >= 11 is 0. The lowest BCUT2D eigenvalue weighted by atomic mass is 10.00. The highest BCUT2D eigenvalue weighted by atomic mass is 19.2. The highest BCUT2D eigenvalue weighted by Crippen LogP contribution is 2.27. The van der Waals surface area contributed by atoms with Crippen molar-refractivity contribution >= 4 is 5.78 Å². The third-order valence-electron chi connectivity index (χ3n) is 2.13. The molecule has 0 aliphatic carbocycles. The predicted molar refractivity (Wildman–Crippen MR) is 56.7 cm³/mol. The minimum absolute atomic E-state index is 0.0933. The van der Waals surface area contributed by atoms with Gasteiger partial charge in [-0.15, -0.1) is 0 Å². The summed E-state index contributed by atoms with van der Waals surface area (Å²) in [6.45, 7) is 5.21. The highest BCUT2D eigenvalue weighted by molar-refractivity contribution is 5.99. The van der Waals surface area contributed by atoms with Crippen molar-refractivity contribution in [1.82, 2.24) is 0 Å². The van der Waals surface area contributed by atoms with Gasteiger partial charge >= 0.3 is 0 Å². The van der Waals surface area contributed by atoms with Crippen LogP contribution in [0.15, 0.2) is 12.1 Å². The fourth-order valence-corrected chi connectivity index (χ4v) is 1.32. The molecule has 0 saturated carbocycles. The number of carbonyl (C=O) groups is 1. The van der Waals surface area contributed by atoms with E-state index in [0.29, 0.717) is 0 Å². The molecule has 0 saturated heterocycles. The topological polar surface area (TPSA) is 26.3 Å². The van der Waals surface area contributed by atoms with Gasteiger partial charge in [0.25, 0.3) is 0 Å². The molecule has 0 aliphatic rings. The van der Waals surface area contributed by atoms with Gasteiger partial charge < -0.3 is 4.74 Å². The molecule has 0 amide bonds. The lowest BCUT2D eigenvalue weighted by molar-refractivity contribution is 0.0934. The zero-order valence-electron chi connectivity index (χ0n) is 9.51. The molecule has 0 bridgehead atoms. The molecular weight excluding hydrogens is 214 g/mol. The van der Waals surface area contributed by atoms with Gasteiger partial charge in [-0.3, -0.25) is 4.79 Å².